The molecular formula is C18H28N4O3. The number of carbonyl (C=O) groups is 2. The van der Waals surface area contributed by atoms with E-state index in [-0.39, 0.29) is 18.0 Å². The molecule has 2 N–H and O–H groups in total. The molecule has 1 aliphatic carbocycles. The molecule has 7 heteroatoms. The molecule has 3 amide bonds. The predicted molar refractivity (Wildman–Crippen MR) is 93.3 cm³/mol. The van der Waals surface area contributed by atoms with Crippen molar-refractivity contribution in [3.05, 3.63) is 17.5 Å². The number of hydrogen-bond acceptors (Lipinski definition) is 4. The maximum absolute atomic E-state index is 12.4. The number of carbonyl (C=O) groups excluding carboxylic acids is 2. The zero-order valence-corrected chi connectivity index (χ0v) is 14.9. The van der Waals surface area contributed by atoms with Gasteiger partial charge in [-0.2, -0.15) is 0 Å². The Balaban J connectivity index is 1.41. The van der Waals surface area contributed by atoms with Crippen molar-refractivity contribution in [2.75, 3.05) is 13.1 Å². The first-order valence-corrected chi connectivity index (χ1v) is 9.41. The first kappa shape index (κ1) is 17.8. The van der Waals surface area contributed by atoms with Crippen molar-refractivity contribution in [1.82, 2.24) is 20.7 Å². The molecule has 2 fully saturated rings. The summed E-state index contributed by atoms with van der Waals surface area (Å²) in [5, 5.41) is 9.90. The van der Waals surface area contributed by atoms with Gasteiger partial charge in [0, 0.05) is 31.2 Å². The molecule has 1 saturated carbocycles. The fourth-order valence-electron chi connectivity index (χ4n) is 3.65. The number of amides is 3. The van der Waals surface area contributed by atoms with Crippen LogP contribution < -0.4 is 10.6 Å². The zero-order valence-electron chi connectivity index (χ0n) is 14.9. The van der Waals surface area contributed by atoms with E-state index in [0.29, 0.717) is 30.6 Å². The third-order valence-corrected chi connectivity index (χ3v) is 5.16. The van der Waals surface area contributed by atoms with Crippen molar-refractivity contribution in [2.24, 2.45) is 0 Å². The number of piperidine rings is 1. The third-order valence-electron chi connectivity index (χ3n) is 5.16. The maximum Gasteiger partial charge on any atom is 0.317 e. The van der Waals surface area contributed by atoms with Crippen molar-refractivity contribution >= 4 is 11.9 Å². The van der Waals surface area contributed by atoms with Crippen molar-refractivity contribution in [1.29, 1.82) is 0 Å². The normalized spacial score (nSPS) is 20.1. The molecular weight excluding hydrogens is 320 g/mol. The van der Waals surface area contributed by atoms with Crippen LogP contribution >= 0.6 is 0 Å². The van der Waals surface area contributed by atoms with Crippen LogP contribution in [0.4, 0.5) is 4.79 Å². The quantitative estimate of drug-likeness (QED) is 0.822. The molecule has 1 aliphatic heterocycles. The maximum atomic E-state index is 12.4. The lowest BCUT2D eigenvalue weighted by Crippen LogP contribution is -2.51. The van der Waals surface area contributed by atoms with Gasteiger partial charge in [-0.1, -0.05) is 30.8 Å². The van der Waals surface area contributed by atoms with Gasteiger partial charge in [-0.25, -0.2) is 4.79 Å². The summed E-state index contributed by atoms with van der Waals surface area (Å²) in [6.45, 7) is 3.10. The van der Waals surface area contributed by atoms with Crippen molar-refractivity contribution in [2.45, 2.75) is 70.4 Å². The number of urea groups is 1. The van der Waals surface area contributed by atoms with Crippen molar-refractivity contribution in [3.8, 4) is 0 Å². The summed E-state index contributed by atoms with van der Waals surface area (Å²) in [5.41, 5.74) is 0.311. The summed E-state index contributed by atoms with van der Waals surface area (Å²) in [4.78, 5) is 26.4. The lowest BCUT2D eigenvalue weighted by molar-refractivity contribution is 0.0908. The minimum Gasteiger partial charge on any atom is -0.361 e. The average molecular weight is 348 g/mol. The number of aryl methyl sites for hydroxylation is 1. The SMILES string of the molecule is Cc1cc(C(=O)NC2CCN(C(=O)NC3CCCCCC3)CC2)no1. The number of likely N-dealkylation sites (tertiary alicyclic amines) is 1. The summed E-state index contributed by atoms with van der Waals surface area (Å²) < 4.78 is 4.93. The Hall–Kier alpha value is -2.05. The standard InChI is InChI=1S/C18H28N4O3/c1-13-12-16(21-25-13)17(23)19-15-8-10-22(11-9-15)18(24)20-14-6-4-2-3-5-7-14/h12,14-15H,2-11H2,1H3,(H,19,23)(H,20,24). The molecule has 1 saturated heterocycles. The number of rotatable bonds is 3. The largest absolute Gasteiger partial charge is 0.361 e. The molecule has 0 spiro atoms. The van der Waals surface area contributed by atoms with Gasteiger partial charge in [-0.05, 0) is 32.6 Å². The lowest BCUT2D eigenvalue weighted by Gasteiger charge is -2.33. The van der Waals surface area contributed by atoms with Crippen molar-refractivity contribution < 1.29 is 14.1 Å². The Morgan fingerprint density at radius 3 is 2.28 bits per heavy atom. The summed E-state index contributed by atoms with van der Waals surface area (Å²) in [5.74, 6) is 0.411. The van der Waals surface area contributed by atoms with Crippen LogP contribution in [0.1, 0.15) is 67.6 Å². The predicted octanol–water partition coefficient (Wildman–Crippen LogP) is 2.61. The van der Waals surface area contributed by atoms with Gasteiger partial charge in [-0.3, -0.25) is 4.79 Å². The second kappa shape index (κ2) is 8.36. The molecule has 0 bridgehead atoms. The van der Waals surface area contributed by atoms with Gasteiger partial charge < -0.3 is 20.1 Å². The first-order valence-electron chi connectivity index (χ1n) is 9.41. The van der Waals surface area contributed by atoms with E-state index < -0.39 is 0 Å². The Bertz CT molecular complexity index is 585. The molecule has 0 radical (unpaired) electrons. The zero-order chi connectivity index (χ0) is 17.6. The van der Waals surface area contributed by atoms with Gasteiger partial charge >= 0.3 is 6.03 Å². The van der Waals surface area contributed by atoms with Gasteiger partial charge in [-0.15, -0.1) is 0 Å². The number of nitrogens with one attached hydrogen (secondary N) is 2. The second-order valence-electron chi connectivity index (χ2n) is 7.20. The highest BCUT2D eigenvalue weighted by atomic mass is 16.5. The molecule has 0 aromatic carbocycles. The Labute approximate surface area is 148 Å². The van der Waals surface area contributed by atoms with Crippen LogP contribution in [0.15, 0.2) is 10.6 Å². The summed E-state index contributed by atoms with van der Waals surface area (Å²) in [6, 6.07) is 2.07. The molecule has 7 nitrogen and oxygen atoms in total. The molecule has 1 aromatic heterocycles. The van der Waals surface area contributed by atoms with Gasteiger partial charge in [0.05, 0.1) is 0 Å². The summed E-state index contributed by atoms with van der Waals surface area (Å²) in [7, 11) is 0. The van der Waals surface area contributed by atoms with E-state index in [0.717, 1.165) is 25.7 Å². The second-order valence-corrected chi connectivity index (χ2v) is 7.20. The third kappa shape index (κ3) is 4.96. The van der Waals surface area contributed by atoms with Gasteiger partial charge in [0.15, 0.2) is 5.69 Å². The van der Waals surface area contributed by atoms with Crippen LogP contribution in [-0.4, -0.2) is 47.2 Å². The van der Waals surface area contributed by atoms with Crippen LogP contribution in [0.3, 0.4) is 0 Å². The summed E-state index contributed by atoms with van der Waals surface area (Å²) in [6.07, 6.45) is 8.69. The monoisotopic (exact) mass is 348 g/mol. The van der Waals surface area contributed by atoms with E-state index in [1.54, 1.807) is 13.0 Å². The average Bonchev–Trinajstić information content (AvgIpc) is 2.88. The number of hydrogen-bond donors (Lipinski definition) is 2. The molecule has 1 aromatic rings. The van der Waals surface area contributed by atoms with Crippen LogP contribution in [-0.2, 0) is 0 Å². The summed E-state index contributed by atoms with van der Waals surface area (Å²) >= 11 is 0. The minimum absolute atomic E-state index is 0.0452. The van der Waals surface area contributed by atoms with Gasteiger partial charge in [0.2, 0.25) is 0 Å². The van der Waals surface area contributed by atoms with E-state index in [4.69, 9.17) is 4.52 Å². The molecule has 2 aliphatic rings. The number of nitrogens with zero attached hydrogens (tertiary/aromatic N) is 2. The first-order chi connectivity index (χ1) is 12.1. The Morgan fingerprint density at radius 2 is 1.68 bits per heavy atom. The van der Waals surface area contributed by atoms with Gasteiger partial charge in [0.25, 0.3) is 5.91 Å². The van der Waals surface area contributed by atoms with E-state index in [1.807, 2.05) is 4.90 Å². The Morgan fingerprint density at radius 1 is 1.04 bits per heavy atom. The van der Waals surface area contributed by atoms with Crippen LogP contribution in [0, 0.1) is 6.92 Å². The molecule has 25 heavy (non-hydrogen) atoms. The number of aromatic nitrogens is 1. The smallest absolute Gasteiger partial charge is 0.317 e. The van der Waals surface area contributed by atoms with Crippen molar-refractivity contribution in [3.63, 3.8) is 0 Å². The molecule has 2 heterocycles. The van der Waals surface area contributed by atoms with E-state index >= 15 is 0 Å². The van der Waals surface area contributed by atoms with E-state index in [2.05, 4.69) is 15.8 Å². The van der Waals surface area contributed by atoms with Gasteiger partial charge in [0.1, 0.15) is 5.76 Å². The highest BCUT2D eigenvalue weighted by Gasteiger charge is 2.26. The molecule has 0 atom stereocenters. The van der Waals surface area contributed by atoms with Crippen LogP contribution in [0.5, 0.6) is 0 Å². The highest BCUT2D eigenvalue weighted by Crippen LogP contribution is 2.18. The highest BCUT2D eigenvalue weighted by molar-refractivity contribution is 5.92. The molecule has 0 unspecified atom stereocenters. The molecule has 3 rings (SSSR count). The van der Waals surface area contributed by atoms with E-state index in [1.165, 1.54) is 25.7 Å². The topological polar surface area (TPSA) is 87.5 Å². The van der Waals surface area contributed by atoms with Crippen LogP contribution in [0.25, 0.3) is 0 Å². The Kier molecular flexibility index (Phi) is 5.94. The lowest BCUT2D eigenvalue weighted by atomic mass is 10.0. The van der Waals surface area contributed by atoms with Crippen LogP contribution in [0.2, 0.25) is 0 Å². The minimum atomic E-state index is -0.210. The fourth-order valence-corrected chi connectivity index (χ4v) is 3.65. The fraction of sp³-hybridized carbons (Fsp3) is 0.722. The van der Waals surface area contributed by atoms with E-state index in [9.17, 15) is 9.59 Å². The molecule has 138 valence electrons.